The van der Waals surface area contributed by atoms with E-state index in [0.29, 0.717) is 12.6 Å². The largest absolute Gasteiger partial charge is 0.378 e. The predicted molar refractivity (Wildman–Crippen MR) is 73.6 cm³/mol. The summed E-state index contributed by atoms with van der Waals surface area (Å²) in [5.41, 5.74) is -0.496. The molecule has 0 radical (unpaired) electrons. The first-order valence-electron chi connectivity index (χ1n) is 7.15. The summed E-state index contributed by atoms with van der Waals surface area (Å²) < 4.78 is 5.81. The fourth-order valence-corrected chi connectivity index (χ4v) is 2.09. The zero-order valence-corrected chi connectivity index (χ0v) is 12.1. The van der Waals surface area contributed by atoms with E-state index in [1.165, 1.54) is 32.1 Å². The van der Waals surface area contributed by atoms with Gasteiger partial charge in [-0.1, -0.05) is 19.3 Å². The molecule has 0 aromatic rings. The van der Waals surface area contributed by atoms with Crippen LogP contribution in [-0.2, 0) is 9.53 Å². The van der Waals surface area contributed by atoms with Gasteiger partial charge in [-0.25, -0.2) is 0 Å². The molecule has 1 aliphatic rings. The second-order valence-corrected chi connectivity index (χ2v) is 5.62. The second kappa shape index (κ2) is 7.74. The summed E-state index contributed by atoms with van der Waals surface area (Å²) >= 11 is 0. The van der Waals surface area contributed by atoms with Gasteiger partial charge in [0, 0.05) is 13.2 Å². The quantitative estimate of drug-likeness (QED) is 0.683. The first-order chi connectivity index (χ1) is 8.56. The van der Waals surface area contributed by atoms with E-state index in [9.17, 15) is 4.79 Å². The lowest BCUT2D eigenvalue weighted by Crippen LogP contribution is -2.51. The highest BCUT2D eigenvalue weighted by molar-refractivity contribution is 5.85. The van der Waals surface area contributed by atoms with Gasteiger partial charge in [0.05, 0.1) is 11.6 Å². The van der Waals surface area contributed by atoms with Crippen molar-refractivity contribution in [3.63, 3.8) is 0 Å². The minimum atomic E-state index is -0.496. The summed E-state index contributed by atoms with van der Waals surface area (Å²) in [7, 11) is 1.80. The van der Waals surface area contributed by atoms with Crippen molar-refractivity contribution >= 4 is 5.91 Å². The van der Waals surface area contributed by atoms with Crippen molar-refractivity contribution in [3.05, 3.63) is 0 Å². The fourth-order valence-electron chi connectivity index (χ4n) is 2.09. The average molecular weight is 256 g/mol. The van der Waals surface area contributed by atoms with Crippen molar-refractivity contribution in [2.24, 2.45) is 0 Å². The van der Waals surface area contributed by atoms with E-state index in [0.717, 1.165) is 13.0 Å². The van der Waals surface area contributed by atoms with Gasteiger partial charge in [0.15, 0.2) is 0 Å². The third-order valence-corrected chi connectivity index (χ3v) is 3.71. The number of amides is 1. The molecular weight excluding hydrogens is 228 g/mol. The molecule has 1 saturated carbocycles. The van der Waals surface area contributed by atoms with Gasteiger partial charge >= 0.3 is 0 Å². The highest BCUT2D eigenvalue weighted by Crippen LogP contribution is 2.20. The molecule has 0 bridgehead atoms. The molecule has 4 nitrogen and oxygen atoms in total. The van der Waals surface area contributed by atoms with Crippen LogP contribution in [0.2, 0.25) is 0 Å². The molecule has 106 valence electrons. The average Bonchev–Trinajstić information content (AvgIpc) is 2.39. The summed E-state index contributed by atoms with van der Waals surface area (Å²) in [4.78, 5) is 11.7. The molecule has 0 saturated heterocycles. The maximum Gasteiger partial charge on any atom is 0.239 e. The lowest BCUT2D eigenvalue weighted by atomic mass is 9.98. The van der Waals surface area contributed by atoms with Crippen LogP contribution < -0.4 is 10.6 Å². The lowest BCUT2D eigenvalue weighted by Gasteiger charge is -2.23. The first kappa shape index (κ1) is 15.4. The first-order valence-corrected chi connectivity index (χ1v) is 7.15. The van der Waals surface area contributed by atoms with Crippen LogP contribution in [0.3, 0.4) is 0 Å². The Morgan fingerprint density at radius 1 is 1.28 bits per heavy atom. The van der Waals surface area contributed by atoms with Gasteiger partial charge in [-0.3, -0.25) is 4.79 Å². The topological polar surface area (TPSA) is 50.4 Å². The van der Waals surface area contributed by atoms with Gasteiger partial charge in [-0.05, 0) is 40.2 Å². The third-order valence-electron chi connectivity index (χ3n) is 3.71. The molecule has 2 N–H and O–H groups in total. The SMILES string of the molecule is CNC(C)(C)C(=O)NCCCOC1CCCCC1. The van der Waals surface area contributed by atoms with Gasteiger partial charge in [-0.2, -0.15) is 0 Å². The smallest absolute Gasteiger partial charge is 0.239 e. The standard InChI is InChI=1S/C14H28N2O2/c1-14(2,15-3)13(17)16-10-7-11-18-12-8-5-4-6-9-12/h12,15H,4-11H2,1-3H3,(H,16,17). The molecule has 0 atom stereocenters. The Hall–Kier alpha value is -0.610. The van der Waals surface area contributed by atoms with E-state index < -0.39 is 5.54 Å². The molecule has 4 heteroatoms. The maximum atomic E-state index is 11.7. The van der Waals surface area contributed by atoms with E-state index in [2.05, 4.69) is 10.6 Å². The summed E-state index contributed by atoms with van der Waals surface area (Å²) in [6, 6.07) is 0. The van der Waals surface area contributed by atoms with E-state index >= 15 is 0 Å². The van der Waals surface area contributed by atoms with Gasteiger partial charge in [0.1, 0.15) is 0 Å². The number of hydrogen-bond acceptors (Lipinski definition) is 3. The number of likely N-dealkylation sites (N-methyl/N-ethyl adjacent to an activating group) is 1. The van der Waals surface area contributed by atoms with E-state index in [4.69, 9.17) is 4.74 Å². The normalized spacial score (nSPS) is 17.7. The molecule has 0 aromatic carbocycles. The van der Waals surface area contributed by atoms with E-state index in [-0.39, 0.29) is 5.91 Å². The monoisotopic (exact) mass is 256 g/mol. The second-order valence-electron chi connectivity index (χ2n) is 5.62. The Bertz CT molecular complexity index is 248. The van der Waals surface area contributed by atoms with Crippen LogP contribution in [0.1, 0.15) is 52.4 Å². The predicted octanol–water partition coefficient (Wildman–Crippen LogP) is 1.84. The molecule has 0 unspecified atom stereocenters. The highest BCUT2D eigenvalue weighted by atomic mass is 16.5. The number of hydrogen-bond donors (Lipinski definition) is 2. The number of nitrogens with one attached hydrogen (secondary N) is 2. The van der Waals surface area contributed by atoms with Crippen LogP contribution in [-0.4, -0.2) is 37.7 Å². The Kier molecular flexibility index (Phi) is 6.65. The number of rotatable bonds is 7. The molecule has 1 aliphatic carbocycles. The van der Waals surface area contributed by atoms with Crippen LogP contribution in [0.4, 0.5) is 0 Å². The third kappa shape index (κ3) is 5.36. The maximum absolute atomic E-state index is 11.7. The lowest BCUT2D eigenvalue weighted by molar-refractivity contribution is -0.126. The van der Waals surface area contributed by atoms with Crippen molar-refractivity contribution in [1.29, 1.82) is 0 Å². The Balaban J connectivity index is 2.03. The van der Waals surface area contributed by atoms with Crippen LogP contribution in [0.5, 0.6) is 0 Å². The zero-order chi connectivity index (χ0) is 13.4. The van der Waals surface area contributed by atoms with Gasteiger partial charge < -0.3 is 15.4 Å². The van der Waals surface area contributed by atoms with Crippen LogP contribution in [0.15, 0.2) is 0 Å². The Labute approximate surface area is 111 Å². The Morgan fingerprint density at radius 3 is 2.56 bits per heavy atom. The zero-order valence-electron chi connectivity index (χ0n) is 12.1. The molecular formula is C14H28N2O2. The fraction of sp³-hybridized carbons (Fsp3) is 0.929. The number of carbonyl (C=O) groups excluding carboxylic acids is 1. The molecule has 0 heterocycles. The van der Waals surface area contributed by atoms with Gasteiger partial charge in [-0.15, -0.1) is 0 Å². The summed E-state index contributed by atoms with van der Waals surface area (Å²) in [5.74, 6) is 0.0441. The highest BCUT2D eigenvalue weighted by Gasteiger charge is 2.24. The molecule has 0 spiro atoms. The van der Waals surface area contributed by atoms with Gasteiger partial charge in [0.2, 0.25) is 5.91 Å². The van der Waals surface area contributed by atoms with Crippen molar-refractivity contribution in [2.45, 2.75) is 64.0 Å². The number of ether oxygens (including phenoxy) is 1. The van der Waals surface area contributed by atoms with Crippen molar-refractivity contribution in [3.8, 4) is 0 Å². The molecule has 0 aliphatic heterocycles. The number of carbonyl (C=O) groups is 1. The van der Waals surface area contributed by atoms with Crippen molar-refractivity contribution < 1.29 is 9.53 Å². The van der Waals surface area contributed by atoms with E-state index in [1.807, 2.05) is 13.8 Å². The van der Waals surface area contributed by atoms with Crippen molar-refractivity contribution in [1.82, 2.24) is 10.6 Å². The minimum Gasteiger partial charge on any atom is -0.378 e. The molecule has 1 rings (SSSR count). The molecule has 18 heavy (non-hydrogen) atoms. The van der Waals surface area contributed by atoms with E-state index in [1.54, 1.807) is 7.05 Å². The summed E-state index contributed by atoms with van der Waals surface area (Å²) in [6.45, 7) is 5.20. The van der Waals surface area contributed by atoms with Crippen LogP contribution in [0, 0.1) is 0 Å². The van der Waals surface area contributed by atoms with Crippen molar-refractivity contribution in [2.75, 3.05) is 20.2 Å². The Morgan fingerprint density at radius 2 is 1.94 bits per heavy atom. The van der Waals surface area contributed by atoms with Crippen LogP contribution >= 0.6 is 0 Å². The minimum absolute atomic E-state index is 0.0441. The summed E-state index contributed by atoms with van der Waals surface area (Å²) in [5, 5.41) is 5.92. The van der Waals surface area contributed by atoms with Gasteiger partial charge in [0.25, 0.3) is 0 Å². The molecule has 1 amide bonds. The summed E-state index contributed by atoms with van der Waals surface area (Å²) in [6.07, 6.45) is 7.73. The molecule has 1 fully saturated rings. The molecule has 0 aromatic heterocycles. The van der Waals surface area contributed by atoms with Crippen LogP contribution in [0.25, 0.3) is 0 Å².